The van der Waals surface area contributed by atoms with Crippen molar-refractivity contribution in [2.45, 2.75) is 112 Å². The van der Waals surface area contributed by atoms with Crippen molar-refractivity contribution in [3.8, 4) is 0 Å². The molecule has 0 heteroatoms. The Hall–Kier alpha value is -0.260. The maximum atomic E-state index is 2.74. The number of allylic oxidation sites excluding steroid dienone is 2. The SMILES string of the molecule is CC(CCC(C)(C)C)C1CCC2C3CC=C4CCCCC4(C)C3CCC12C. The summed E-state index contributed by atoms with van der Waals surface area (Å²) in [5.74, 6) is 4.90. The third kappa shape index (κ3) is 3.36. The Morgan fingerprint density at radius 3 is 2.56 bits per heavy atom. The largest absolute Gasteiger partial charge is 0.0845 e. The molecule has 0 bridgehead atoms. The third-order valence-electron chi connectivity index (χ3n) is 10.1. The second kappa shape index (κ2) is 6.91. The van der Waals surface area contributed by atoms with Gasteiger partial charge in [-0.3, -0.25) is 0 Å². The summed E-state index contributed by atoms with van der Waals surface area (Å²) >= 11 is 0. The first-order valence-corrected chi connectivity index (χ1v) is 12.3. The van der Waals surface area contributed by atoms with Crippen LogP contribution >= 0.6 is 0 Å². The van der Waals surface area contributed by atoms with E-state index in [0.717, 1.165) is 29.6 Å². The highest BCUT2D eigenvalue weighted by atomic mass is 14.6. The summed E-state index contributed by atoms with van der Waals surface area (Å²) in [6.45, 7) is 15.2. The molecule has 7 unspecified atom stereocenters. The van der Waals surface area contributed by atoms with E-state index in [4.69, 9.17) is 0 Å². The average molecular weight is 371 g/mol. The van der Waals surface area contributed by atoms with Crippen LogP contribution in [0.5, 0.6) is 0 Å². The van der Waals surface area contributed by atoms with Crippen molar-refractivity contribution in [3.63, 3.8) is 0 Å². The van der Waals surface area contributed by atoms with E-state index in [1.165, 1.54) is 70.6 Å². The molecular weight excluding hydrogens is 324 g/mol. The first-order chi connectivity index (χ1) is 12.7. The maximum Gasteiger partial charge on any atom is -0.00853 e. The van der Waals surface area contributed by atoms with Crippen LogP contribution in [0.25, 0.3) is 0 Å². The van der Waals surface area contributed by atoms with Gasteiger partial charge in [0.2, 0.25) is 0 Å². The smallest absolute Gasteiger partial charge is 0.00853 e. The molecule has 7 atom stereocenters. The molecule has 0 heterocycles. The van der Waals surface area contributed by atoms with Gasteiger partial charge < -0.3 is 0 Å². The summed E-state index contributed by atoms with van der Waals surface area (Å²) in [6, 6.07) is 0. The Morgan fingerprint density at radius 1 is 1.04 bits per heavy atom. The molecule has 27 heavy (non-hydrogen) atoms. The van der Waals surface area contributed by atoms with Gasteiger partial charge >= 0.3 is 0 Å². The van der Waals surface area contributed by atoms with Gasteiger partial charge in [0.05, 0.1) is 0 Å². The van der Waals surface area contributed by atoms with Crippen LogP contribution in [0.4, 0.5) is 0 Å². The van der Waals surface area contributed by atoms with E-state index >= 15 is 0 Å². The summed E-state index contributed by atoms with van der Waals surface area (Å²) in [7, 11) is 0. The van der Waals surface area contributed by atoms with E-state index < -0.39 is 0 Å². The highest BCUT2D eigenvalue weighted by Crippen LogP contribution is 2.67. The molecule has 0 nitrogen and oxygen atoms in total. The fraction of sp³-hybridized carbons (Fsp3) is 0.926. The monoisotopic (exact) mass is 370 g/mol. The summed E-state index contributed by atoms with van der Waals surface area (Å²) < 4.78 is 0. The predicted octanol–water partition coefficient (Wildman–Crippen LogP) is 8.42. The van der Waals surface area contributed by atoms with Crippen molar-refractivity contribution < 1.29 is 0 Å². The van der Waals surface area contributed by atoms with E-state index in [9.17, 15) is 0 Å². The molecule has 154 valence electrons. The molecule has 0 N–H and O–H groups in total. The lowest BCUT2D eigenvalue weighted by molar-refractivity contribution is -0.0504. The molecule has 3 saturated carbocycles. The fourth-order valence-corrected chi connectivity index (χ4v) is 8.54. The van der Waals surface area contributed by atoms with Gasteiger partial charge in [-0.25, -0.2) is 0 Å². The normalized spacial score (nSPS) is 45.5. The molecule has 3 fully saturated rings. The van der Waals surface area contributed by atoms with Crippen molar-refractivity contribution in [2.24, 2.45) is 45.8 Å². The molecule has 0 saturated heterocycles. The second-order valence-electron chi connectivity index (χ2n) is 12.8. The summed E-state index contributed by atoms with van der Waals surface area (Å²) in [5.41, 5.74) is 3.56. The molecule has 0 radical (unpaired) electrons. The molecule has 0 amide bonds. The lowest BCUT2D eigenvalue weighted by Gasteiger charge is -2.58. The average Bonchev–Trinajstić information content (AvgIpc) is 2.96. The van der Waals surface area contributed by atoms with Gasteiger partial charge in [-0.2, -0.15) is 0 Å². The zero-order valence-electron chi connectivity index (χ0n) is 19.2. The lowest BCUT2D eigenvalue weighted by atomic mass is 9.47. The van der Waals surface area contributed by atoms with Crippen LogP contribution in [0.2, 0.25) is 0 Å². The fourth-order valence-electron chi connectivity index (χ4n) is 8.54. The Morgan fingerprint density at radius 2 is 1.81 bits per heavy atom. The van der Waals surface area contributed by atoms with Gasteiger partial charge in [0.25, 0.3) is 0 Å². The van der Waals surface area contributed by atoms with Crippen molar-refractivity contribution in [1.82, 2.24) is 0 Å². The number of hydrogen-bond acceptors (Lipinski definition) is 0. The van der Waals surface area contributed by atoms with Gasteiger partial charge in [-0.1, -0.05) is 59.6 Å². The van der Waals surface area contributed by atoms with Crippen LogP contribution in [0.1, 0.15) is 112 Å². The second-order valence-corrected chi connectivity index (χ2v) is 12.8. The van der Waals surface area contributed by atoms with Crippen molar-refractivity contribution in [2.75, 3.05) is 0 Å². The number of hydrogen-bond donors (Lipinski definition) is 0. The Bertz CT molecular complexity index is 577. The Balaban J connectivity index is 1.52. The first kappa shape index (κ1) is 20.0. The van der Waals surface area contributed by atoms with Crippen molar-refractivity contribution in [3.05, 3.63) is 11.6 Å². The molecule has 0 aromatic heterocycles. The van der Waals surface area contributed by atoms with E-state index in [-0.39, 0.29) is 0 Å². The molecule has 4 aliphatic carbocycles. The molecular formula is C27H46. The summed E-state index contributed by atoms with van der Waals surface area (Å²) in [6.07, 6.45) is 18.9. The van der Waals surface area contributed by atoms with Crippen LogP contribution in [-0.2, 0) is 0 Å². The van der Waals surface area contributed by atoms with Gasteiger partial charge in [-0.15, -0.1) is 0 Å². The highest BCUT2D eigenvalue weighted by molar-refractivity contribution is 5.24. The minimum atomic E-state index is 0.491. The molecule has 4 rings (SSSR count). The van der Waals surface area contributed by atoms with E-state index in [2.05, 4.69) is 47.6 Å². The number of fused-ring (bicyclic) bond motifs is 5. The standard InChI is InChI=1S/C27H46/c1-19(14-17-25(2,3)4)22-12-13-23-21-11-10-20-9-7-8-16-26(20,5)24(21)15-18-27(22,23)6/h10,19,21-24H,7-9,11-18H2,1-6H3. The van der Waals surface area contributed by atoms with Crippen molar-refractivity contribution in [1.29, 1.82) is 0 Å². The molecule has 0 spiro atoms. The van der Waals surface area contributed by atoms with Gasteiger partial charge in [-0.05, 0) is 110 Å². The highest BCUT2D eigenvalue weighted by Gasteiger charge is 2.58. The minimum absolute atomic E-state index is 0.491. The maximum absolute atomic E-state index is 2.74. The van der Waals surface area contributed by atoms with Crippen LogP contribution in [0, 0.1) is 45.8 Å². The Kier molecular flexibility index (Phi) is 5.13. The zero-order valence-corrected chi connectivity index (χ0v) is 19.2. The quantitative estimate of drug-likeness (QED) is 0.437. The predicted molar refractivity (Wildman–Crippen MR) is 118 cm³/mol. The van der Waals surface area contributed by atoms with E-state index in [1.807, 2.05) is 5.57 Å². The van der Waals surface area contributed by atoms with Crippen molar-refractivity contribution >= 4 is 0 Å². The molecule has 0 aromatic rings. The van der Waals surface area contributed by atoms with Gasteiger partial charge in [0.15, 0.2) is 0 Å². The first-order valence-electron chi connectivity index (χ1n) is 12.3. The van der Waals surface area contributed by atoms with E-state index in [1.54, 1.807) is 0 Å². The van der Waals surface area contributed by atoms with E-state index in [0.29, 0.717) is 16.2 Å². The van der Waals surface area contributed by atoms with Gasteiger partial charge in [0, 0.05) is 0 Å². The summed E-state index contributed by atoms with van der Waals surface area (Å²) in [5, 5.41) is 0. The summed E-state index contributed by atoms with van der Waals surface area (Å²) in [4.78, 5) is 0. The van der Waals surface area contributed by atoms with Gasteiger partial charge in [0.1, 0.15) is 0 Å². The van der Waals surface area contributed by atoms with Crippen LogP contribution < -0.4 is 0 Å². The molecule has 4 aliphatic rings. The topological polar surface area (TPSA) is 0 Å². The Labute approximate surface area is 170 Å². The molecule has 0 aromatic carbocycles. The zero-order chi connectivity index (χ0) is 19.4. The minimum Gasteiger partial charge on any atom is -0.0845 e. The van der Waals surface area contributed by atoms with Crippen LogP contribution in [-0.4, -0.2) is 0 Å². The molecule has 0 aliphatic heterocycles. The van der Waals surface area contributed by atoms with Crippen LogP contribution in [0.15, 0.2) is 11.6 Å². The van der Waals surface area contributed by atoms with Crippen LogP contribution in [0.3, 0.4) is 0 Å². The third-order valence-corrected chi connectivity index (χ3v) is 10.1. The number of rotatable bonds is 3. The lowest BCUT2D eigenvalue weighted by Crippen LogP contribution is -2.50.